The van der Waals surface area contributed by atoms with Crippen LogP contribution in [0, 0.1) is 10.5 Å². The summed E-state index contributed by atoms with van der Waals surface area (Å²) in [5.41, 5.74) is 0.838. The summed E-state index contributed by atoms with van der Waals surface area (Å²) >= 11 is 2.21. The number of aromatic nitrogens is 2. The second-order valence-corrected chi connectivity index (χ2v) is 6.20. The molecule has 6 heteroatoms. The smallest absolute Gasteiger partial charge is 0.427 e. The van der Waals surface area contributed by atoms with Gasteiger partial charge >= 0.3 is 6.16 Å². The van der Waals surface area contributed by atoms with E-state index in [2.05, 4.69) is 27.6 Å². The Labute approximate surface area is 125 Å². The molecule has 2 aromatic rings. The van der Waals surface area contributed by atoms with Crippen LogP contribution in [0.15, 0.2) is 18.3 Å². The molecule has 102 valence electrons. The zero-order valence-electron chi connectivity index (χ0n) is 11.2. The fourth-order valence-electron chi connectivity index (χ4n) is 1.63. The van der Waals surface area contributed by atoms with Crippen LogP contribution in [0.4, 0.5) is 4.79 Å². The summed E-state index contributed by atoms with van der Waals surface area (Å²) in [6, 6.07) is 3.79. The molecule has 0 unspecified atom stereocenters. The Balaban J connectivity index is 2.36. The number of pyridine rings is 1. The number of hydrogen-bond donors (Lipinski definition) is 0. The molecular weight excluding hydrogens is 359 g/mol. The number of ether oxygens (including phenoxy) is 1. The molecule has 2 aromatic heterocycles. The van der Waals surface area contributed by atoms with Crippen molar-refractivity contribution in [1.29, 1.82) is 0 Å². The molecule has 0 N–H and O–H groups in total. The van der Waals surface area contributed by atoms with Gasteiger partial charge in [0.1, 0.15) is 5.60 Å². The minimum Gasteiger partial charge on any atom is -0.427 e. The molecule has 0 radical (unpaired) electrons. The average Bonchev–Trinajstić information content (AvgIpc) is 2.53. The van der Waals surface area contributed by atoms with Crippen LogP contribution < -0.4 is 4.84 Å². The maximum Gasteiger partial charge on any atom is 0.534 e. The van der Waals surface area contributed by atoms with Crippen molar-refractivity contribution in [2.75, 3.05) is 0 Å². The van der Waals surface area contributed by atoms with E-state index in [1.165, 1.54) is 4.73 Å². The van der Waals surface area contributed by atoms with Crippen molar-refractivity contribution in [3.05, 3.63) is 27.6 Å². The number of carbonyl (C=O) groups is 1. The Bertz CT molecular complexity index is 629. The van der Waals surface area contributed by atoms with E-state index in [0.717, 1.165) is 14.7 Å². The molecule has 5 nitrogen and oxygen atoms in total. The Morgan fingerprint density at radius 3 is 2.74 bits per heavy atom. The number of hydrogen-bond acceptors (Lipinski definition) is 4. The maximum atomic E-state index is 11.7. The first-order valence-electron chi connectivity index (χ1n) is 5.82. The van der Waals surface area contributed by atoms with Crippen LogP contribution in [0.3, 0.4) is 0 Å². The van der Waals surface area contributed by atoms with Crippen molar-refractivity contribution in [1.82, 2.24) is 9.71 Å². The average molecular weight is 374 g/mol. The molecule has 19 heavy (non-hydrogen) atoms. The van der Waals surface area contributed by atoms with Crippen molar-refractivity contribution < 1.29 is 14.4 Å². The quantitative estimate of drug-likeness (QED) is 0.568. The third-order valence-electron chi connectivity index (χ3n) is 2.39. The lowest BCUT2D eigenvalue weighted by Crippen LogP contribution is -2.30. The van der Waals surface area contributed by atoms with E-state index in [0.29, 0.717) is 5.65 Å². The predicted molar refractivity (Wildman–Crippen MR) is 80.0 cm³/mol. The second kappa shape index (κ2) is 4.99. The van der Waals surface area contributed by atoms with Gasteiger partial charge in [0.2, 0.25) is 0 Å². The number of halogens is 1. The van der Waals surface area contributed by atoms with Crippen molar-refractivity contribution in [3.8, 4) is 0 Å². The van der Waals surface area contributed by atoms with Crippen molar-refractivity contribution >= 4 is 39.8 Å². The number of carbonyl (C=O) groups excluding carboxylic acids is 1. The third kappa shape index (κ3) is 2.99. The van der Waals surface area contributed by atoms with Crippen molar-refractivity contribution in [3.63, 3.8) is 0 Å². The fraction of sp³-hybridized carbons (Fsp3) is 0.385. The monoisotopic (exact) mass is 374 g/mol. The van der Waals surface area contributed by atoms with Gasteiger partial charge in [-0.2, -0.15) is 4.73 Å². The van der Waals surface area contributed by atoms with Gasteiger partial charge in [-0.05, 0) is 62.4 Å². The zero-order chi connectivity index (χ0) is 14.2. The van der Waals surface area contributed by atoms with Crippen LogP contribution in [0.25, 0.3) is 11.0 Å². The lowest BCUT2D eigenvalue weighted by Gasteiger charge is -2.19. The molecule has 0 aromatic carbocycles. The number of nitrogens with zero attached hydrogens (tertiary/aromatic N) is 2. The first kappa shape index (κ1) is 14.1. The minimum atomic E-state index is -0.741. The molecule has 0 aliphatic heterocycles. The molecule has 0 bridgehead atoms. The molecule has 2 heterocycles. The lowest BCUT2D eigenvalue weighted by molar-refractivity contribution is -0.00991. The second-order valence-electron chi connectivity index (χ2n) is 5.12. The number of fused-ring (bicyclic) bond motifs is 1. The van der Waals surface area contributed by atoms with Crippen LogP contribution >= 0.6 is 22.6 Å². The highest BCUT2D eigenvalue weighted by Crippen LogP contribution is 2.24. The molecule has 0 aliphatic rings. The summed E-state index contributed by atoms with van der Waals surface area (Å²) < 4.78 is 7.55. The zero-order valence-corrected chi connectivity index (χ0v) is 13.4. The first-order valence-corrected chi connectivity index (χ1v) is 6.90. The van der Waals surface area contributed by atoms with Crippen molar-refractivity contribution in [2.24, 2.45) is 0 Å². The Hall–Kier alpha value is -1.31. The normalized spacial score (nSPS) is 11.6. The molecule has 0 aliphatic carbocycles. The molecule has 0 amide bonds. The van der Waals surface area contributed by atoms with Gasteiger partial charge in [-0.3, -0.25) is 4.84 Å². The summed E-state index contributed by atoms with van der Waals surface area (Å²) in [6.45, 7) is 7.23. The van der Waals surface area contributed by atoms with Crippen LogP contribution in [0.2, 0.25) is 0 Å². The van der Waals surface area contributed by atoms with E-state index in [1.54, 1.807) is 27.0 Å². The summed E-state index contributed by atoms with van der Waals surface area (Å²) in [5.74, 6) is 0. The van der Waals surface area contributed by atoms with Gasteiger partial charge in [0.05, 0.1) is 5.69 Å². The SMILES string of the molecule is Cc1c(I)c2cccnc2n1OC(=O)OC(C)(C)C. The Kier molecular flexibility index (Phi) is 3.71. The molecular formula is C13H15IN2O3. The van der Waals surface area contributed by atoms with Gasteiger partial charge in [0.25, 0.3) is 0 Å². The summed E-state index contributed by atoms with van der Waals surface area (Å²) in [4.78, 5) is 21.2. The Morgan fingerprint density at radius 2 is 2.11 bits per heavy atom. The first-order chi connectivity index (χ1) is 8.79. The highest BCUT2D eigenvalue weighted by molar-refractivity contribution is 14.1. The number of rotatable bonds is 1. The topological polar surface area (TPSA) is 53.4 Å². The largest absolute Gasteiger partial charge is 0.534 e. The molecule has 0 fully saturated rings. The highest BCUT2D eigenvalue weighted by atomic mass is 127. The van der Waals surface area contributed by atoms with Crippen LogP contribution in [0.1, 0.15) is 26.5 Å². The molecule has 0 atom stereocenters. The van der Waals surface area contributed by atoms with E-state index in [4.69, 9.17) is 9.57 Å². The molecule has 2 rings (SSSR count). The van der Waals surface area contributed by atoms with E-state index in [-0.39, 0.29) is 0 Å². The van der Waals surface area contributed by atoms with E-state index < -0.39 is 11.8 Å². The summed E-state index contributed by atoms with van der Waals surface area (Å²) in [5, 5.41) is 0.948. The van der Waals surface area contributed by atoms with Gasteiger partial charge in [0, 0.05) is 15.2 Å². The minimum absolute atomic E-state index is 0.589. The maximum absolute atomic E-state index is 11.7. The molecule has 0 saturated heterocycles. The molecule has 0 spiro atoms. The standard InChI is InChI=1S/C13H15IN2O3/c1-8-10(14)9-6-5-7-15-11(9)16(8)19-12(17)18-13(2,3)4/h5-7H,1-4H3. The van der Waals surface area contributed by atoms with E-state index in [1.807, 2.05) is 19.1 Å². The summed E-state index contributed by atoms with van der Waals surface area (Å²) in [6.07, 6.45) is 0.918. The van der Waals surface area contributed by atoms with Crippen LogP contribution in [-0.2, 0) is 4.74 Å². The van der Waals surface area contributed by atoms with Crippen LogP contribution in [0.5, 0.6) is 0 Å². The highest BCUT2D eigenvalue weighted by Gasteiger charge is 2.21. The molecule has 0 saturated carbocycles. The fourth-order valence-corrected chi connectivity index (χ4v) is 2.27. The van der Waals surface area contributed by atoms with Gasteiger partial charge in [0.15, 0.2) is 5.65 Å². The lowest BCUT2D eigenvalue weighted by atomic mass is 10.2. The van der Waals surface area contributed by atoms with Crippen LogP contribution in [-0.4, -0.2) is 21.5 Å². The Morgan fingerprint density at radius 1 is 1.42 bits per heavy atom. The predicted octanol–water partition coefficient (Wildman–Crippen LogP) is 3.31. The van der Waals surface area contributed by atoms with E-state index >= 15 is 0 Å². The van der Waals surface area contributed by atoms with Gasteiger partial charge in [-0.25, -0.2) is 9.78 Å². The van der Waals surface area contributed by atoms with E-state index in [9.17, 15) is 4.79 Å². The van der Waals surface area contributed by atoms with Gasteiger partial charge in [-0.15, -0.1) is 0 Å². The third-order valence-corrected chi connectivity index (χ3v) is 3.75. The van der Waals surface area contributed by atoms with Gasteiger partial charge < -0.3 is 4.74 Å². The van der Waals surface area contributed by atoms with Crippen molar-refractivity contribution in [2.45, 2.75) is 33.3 Å². The summed E-state index contributed by atoms with van der Waals surface area (Å²) in [7, 11) is 0. The van der Waals surface area contributed by atoms with Gasteiger partial charge in [-0.1, -0.05) is 0 Å².